The van der Waals surface area contributed by atoms with Crippen LogP contribution < -0.4 is 0 Å². The molecule has 2 heteroatoms. The summed E-state index contributed by atoms with van der Waals surface area (Å²) in [6, 6.07) is 0. The van der Waals surface area contributed by atoms with Gasteiger partial charge in [-0.2, -0.15) is 0 Å². The van der Waals surface area contributed by atoms with Crippen molar-refractivity contribution in [3.05, 3.63) is 34.9 Å². The van der Waals surface area contributed by atoms with Gasteiger partial charge in [0.25, 0.3) is 0 Å². The lowest BCUT2D eigenvalue weighted by molar-refractivity contribution is -0.0905. The van der Waals surface area contributed by atoms with E-state index in [9.17, 15) is 5.11 Å². The summed E-state index contributed by atoms with van der Waals surface area (Å²) in [6.45, 7) is 15.9. The van der Waals surface area contributed by atoms with Crippen LogP contribution in [0.15, 0.2) is 34.9 Å². The molecular formula is C28H43NO. The van der Waals surface area contributed by atoms with Crippen molar-refractivity contribution in [3.8, 4) is 0 Å². The number of aliphatic hydroxyl groups excluding tert-OH is 1. The molecule has 30 heavy (non-hydrogen) atoms. The van der Waals surface area contributed by atoms with E-state index in [1.807, 2.05) is 0 Å². The molecule has 0 unspecified atom stereocenters. The van der Waals surface area contributed by atoms with Gasteiger partial charge in [-0.3, -0.25) is 4.90 Å². The third-order valence-corrected chi connectivity index (χ3v) is 10.6. The predicted molar refractivity (Wildman–Crippen MR) is 125 cm³/mol. The smallest absolute Gasteiger partial charge is 0.0594 e. The quantitative estimate of drug-likeness (QED) is 0.566. The Kier molecular flexibility index (Phi) is 4.95. The Morgan fingerprint density at radius 2 is 1.77 bits per heavy atom. The Balaban J connectivity index is 1.42. The van der Waals surface area contributed by atoms with Crippen LogP contribution in [0.25, 0.3) is 0 Å². The van der Waals surface area contributed by atoms with E-state index in [0.29, 0.717) is 16.7 Å². The fourth-order valence-corrected chi connectivity index (χ4v) is 8.78. The first-order valence-corrected chi connectivity index (χ1v) is 12.7. The fourth-order valence-electron chi connectivity index (χ4n) is 8.78. The van der Waals surface area contributed by atoms with Crippen molar-refractivity contribution in [2.45, 2.75) is 85.7 Å². The second-order valence-electron chi connectivity index (χ2n) is 12.4. The van der Waals surface area contributed by atoms with Crippen molar-refractivity contribution in [3.63, 3.8) is 0 Å². The molecule has 6 atom stereocenters. The minimum atomic E-state index is -0.136. The molecule has 5 rings (SSSR count). The lowest BCUT2D eigenvalue weighted by Gasteiger charge is -2.59. The summed E-state index contributed by atoms with van der Waals surface area (Å²) < 4.78 is 0. The predicted octanol–water partition coefficient (Wildman–Crippen LogP) is 6.13. The third-order valence-electron chi connectivity index (χ3n) is 10.6. The van der Waals surface area contributed by atoms with E-state index in [0.717, 1.165) is 31.3 Å². The van der Waals surface area contributed by atoms with Gasteiger partial charge in [-0.25, -0.2) is 0 Å². The number of rotatable bonds is 3. The standard InChI is InChI=1S/C28H43NO/c1-19(18-29-16-6-7-17-29)21-9-10-22-20-8-11-24-26(2,3)25(30)13-15-28(24,5)23(20)12-14-27(21,22)4/h6-7,10,19,21,24-25,30H,8-9,11-18H2,1-5H3/t19-,21-,24+,25+,27-,28-/m1/s1. The molecule has 1 saturated carbocycles. The zero-order chi connectivity index (χ0) is 21.3. The number of hydrogen-bond acceptors (Lipinski definition) is 2. The minimum absolute atomic E-state index is 0.0388. The molecular weight excluding hydrogens is 366 g/mol. The van der Waals surface area contributed by atoms with Crippen LogP contribution in [0.2, 0.25) is 0 Å². The second kappa shape index (κ2) is 7.07. The molecule has 2 nitrogen and oxygen atoms in total. The Morgan fingerprint density at radius 1 is 1.03 bits per heavy atom. The van der Waals surface area contributed by atoms with Crippen molar-refractivity contribution >= 4 is 0 Å². The van der Waals surface area contributed by atoms with Crippen LogP contribution in [0, 0.1) is 34.0 Å². The van der Waals surface area contributed by atoms with Gasteiger partial charge >= 0.3 is 0 Å². The molecule has 4 aliphatic carbocycles. The fraction of sp³-hybridized carbons (Fsp3) is 0.786. The van der Waals surface area contributed by atoms with Gasteiger partial charge in [-0.05, 0) is 90.1 Å². The Labute approximate surface area is 184 Å². The molecule has 166 valence electrons. The number of aliphatic hydroxyl groups is 1. The summed E-state index contributed by atoms with van der Waals surface area (Å²) in [6.07, 6.45) is 15.7. The molecule has 0 amide bonds. The molecule has 0 aromatic rings. The highest BCUT2D eigenvalue weighted by molar-refractivity contribution is 5.49. The van der Waals surface area contributed by atoms with Crippen molar-refractivity contribution in [1.82, 2.24) is 4.90 Å². The van der Waals surface area contributed by atoms with Crippen LogP contribution in [-0.2, 0) is 0 Å². The summed E-state index contributed by atoms with van der Waals surface area (Å²) >= 11 is 0. The van der Waals surface area contributed by atoms with Crippen LogP contribution in [0.3, 0.4) is 0 Å². The average Bonchev–Trinajstić information content (AvgIpc) is 3.32. The lowest BCUT2D eigenvalue weighted by atomic mass is 9.46. The molecule has 1 heterocycles. The SMILES string of the molecule is C[C@H](CN1CC=CC1)[C@H]1CC=C2C3=C(CC[C@@]21C)[C@@]1(C)CC[C@H](O)C(C)(C)[C@@H]1CC3. The first-order chi connectivity index (χ1) is 14.2. The lowest BCUT2D eigenvalue weighted by Crippen LogP contribution is -2.53. The average molecular weight is 410 g/mol. The number of hydrogen-bond donors (Lipinski definition) is 1. The van der Waals surface area contributed by atoms with Gasteiger partial charge in [0.05, 0.1) is 6.10 Å². The number of fused-ring (bicyclic) bond motifs is 4. The molecule has 1 fully saturated rings. The summed E-state index contributed by atoms with van der Waals surface area (Å²) in [5.41, 5.74) is 5.99. The maximum Gasteiger partial charge on any atom is 0.0594 e. The van der Waals surface area contributed by atoms with Gasteiger partial charge in [-0.1, -0.05) is 58.4 Å². The van der Waals surface area contributed by atoms with E-state index in [4.69, 9.17) is 0 Å². The van der Waals surface area contributed by atoms with E-state index >= 15 is 0 Å². The van der Waals surface area contributed by atoms with E-state index < -0.39 is 0 Å². The summed E-state index contributed by atoms with van der Waals surface area (Å²) in [5.74, 6) is 2.16. The second-order valence-corrected chi connectivity index (χ2v) is 12.4. The van der Waals surface area contributed by atoms with E-state index in [-0.39, 0.29) is 11.5 Å². The Bertz CT molecular complexity index is 795. The first-order valence-electron chi connectivity index (χ1n) is 12.7. The summed E-state index contributed by atoms with van der Waals surface area (Å²) in [4.78, 5) is 2.61. The van der Waals surface area contributed by atoms with Crippen molar-refractivity contribution in [1.29, 1.82) is 0 Å². The number of nitrogens with zero attached hydrogens (tertiary/aromatic N) is 1. The highest BCUT2D eigenvalue weighted by atomic mass is 16.3. The molecule has 1 N–H and O–H groups in total. The van der Waals surface area contributed by atoms with Crippen LogP contribution in [0.1, 0.15) is 79.6 Å². The van der Waals surface area contributed by atoms with Gasteiger partial charge in [-0.15, -0.1) is 0 Å². The van der Waals surface area contributed by atoms with Crippen LogP contribution >= 0.6 is 0 Å². The molecule has 0 radical (unpaired) electrons. The van der Waals surface area contributed by atoms with Crippen LogP contribution in [-0.4, -0.2) is 35.7 Å². The number of allylic oxidation sites excluding steroid dienone is 4. The Hall–Kier alpha value is -0.860. The van der Waals surface area contributed by atoms with Crippen LogP contribution in [0.5, 0.6) is 0 Å². The van der Waals surface area contributed by atoms with E-state index in [2.05, 4.69) is 57.7 Å². The van der Waals surface area contributed by atoms with Crippen LogP contribution in [0.4, 0.5) is 0 Å². The largest absolute Gasteiger partial charge is 0.393 e. The molecule has 0 spiro atoms. The molecule has 1 aliphatic heterocycles. The topological polar surface area (TPSA) is 23.5 Å². The Morgan fingerprint density at radius 3 is 2.50 bits per heavy atom. The van der Waals surface area contributed by atoms with Crippen molar-refractivity contribution < 1.29 is 5.11 Å². The van der Waals surface area contributed by atoms with Gasteiger partial charge in [0.15, 0.2) is 0 Å². The molecule has 0 bridgehead atoms. The highest BCUT2D eigenvalue weighted by Crippen LogP contribution is 2.66. The maximum atomic E-state index is 10.8. The summed E-state index contributed by atoms with van der Waals surface area (Å²) in [7, 11) is 0. The van der Waals surface area contributed by atoms with E-state index in [1.165, 1.54) is 45.1 Å². The van der Waals surface area contributed by atoms with Gasteiger partial charge < -0.3 is 5.11 Å². The molecule has 0 aromatic carbocycles. The zero-order valence-electron chi connectivity index (χ0n) is 20.0. The highest BCUT2D eigenvalue weighted by Gasteiger charge is 2.57. The van der Waals surface area contributed by atoms with E-state index in [1.54, 1.807) is 16.7 Å². The van der Waals surface area contributed by atoms with Gasteiger partial charge in [0.2, 0.25) is 0 Å². The monoisotopic (exact) mass is 409 g/mol. The van der Waals surface area contributed by atoms with Crippen molar-refractivity contribution in [2.75, 3.05) is 19.6 Å². The van der Waals surface area contributed by atoms with Gasteiger partial charge in [0, 0.05) is 19.6 Å². The molecule has 0 saturated heterocycles. The molecule has 0 aromatic heterocycles. The summed E-state index contributed by atoms with van der Waals surface area (Å²) in [5, 5.41) is 10.8. The first kappa shape index (κ1) is 21.0. The third kappa shape index (κ3) is 2.89. The minimum Gasteiger partial charge on any atom is -0.393 e. The van der Waals surface area contributed by atoms with Gasteiger partial charge in [0.1, 0.15) is 0 Å². The van der Waals surface area contributed by atoms with Crippen molar-refractivity contribution in [2.24, 2.45) is 34.0 Å². The molecule has 5 aliphatic rings. The maximum absolute atomic E-state index is 10.8. The normalized spacial score (nSPS) is 43.8. The zero-order valence-corrected chi connectivity index (χ0v) is 20.0.